The van der Waals surface area contributed by atoms with Gasteiger partial charge in [-0.2, -0.15) is 5.10 Å². The lowest BCUT2D eigenvalue weighted by Crippen LogP contribution is -2.43. The molecule has 2 aromatic carbocycles. The number of amides is 2. The van der Waals surface area contributed by atoms with Crippen LogP contribution in [0.15, 0.2) is 42.5 Å². The quantitative estimate of drug-likeness (QED) is 0.323. The Labute approximate surface area is 265 Å². The van der Waals surface area contributed by atoms with E-state index in [0.29, 0.717) is 71.8 Å². The molecule has 0 radical (unpaired) electrons. The molecule has 4 fully saturated rings. The number of anilines is 1. The van der Waals surface area contributed by atoms with Gasteiger partial charge >= 0.3 is 0 Å². The summed E-state index contributed by atoms with van der Waals surface area (Å²) in [5.74, 6) is -0.437. The molecule has 232 valence electrons. The summed E-state index contributed by atoms with van der Waals surface area (Å²) in [7, 11) is -3.80. The van der Waals surface area contributed by atoms with Gasteiger partial charge in [0.25, 0.3) is 5.91 Å². The molecule has 13 heteroatoms. The van der Waals surface area contributed by atoms with Crippen molar-refractivity contribution in [2.45, 2.75) is 68.4 Å². The molecule has 44 heavy (non-hydrogen) atoms. The van der Waals surface area contributed by atoms with Gasteiger partial charge < -0.3 is 14.4 Å². The van der Waals surface area contributed by atoms with Gasteiger partial charge in [-0.05, 0) is 92.5 Å². The highest BCUT2D eigenvalue weighted by molar-refractivity contribution is 7.90. The normalized spacial score (nSPS) is 23.8. The van der Waals surface area contributed by atoms with Crippen LogP contribution in [0, 0.1) is 5.92 Å². The minimum atomic E-state index is -3.80. The average Bonchev–Trinajstić information content (AvgIpc) is 3.49. The molecule has 4 aliphatic rings. The van der Waals surface area contributed by atoms with Crippen molar-refractivity contribution in [2.24, 2.45) is 5.92 Å². The number of rotatable bonds is 9. The maximum Gasteiger partial charge on any atom is 0.264 e. The molecule has 2 aliphatic carbocycles. The maximum absolute atomic E-state index is 13.3. The Hall–Kier alpha value is -2.96. The fourth-order valence-corrected chi connectivity index (χ4v) is 8.66. The number of hydrogen-bond acceptors (Lipinski definition) is 7. The third-order valence-electron chi connectivity index (χ3n) is 9.10. The highest BCUT2D eigenvalue weighted by atomic mass is 35.5. The lowest BCUT2D eigenvalue weighted by Gasteiger charge is -2.31. The minimum absolute atomic E-state index is 0.0222. The molecule has 1 aromatic heterocycles. The van der Waals surface area contributed by atoms with Crippen molar-refractivity contribution >= 4 is 50.7 Å². The summed E-state index contributed by atoms with van der Waals surface area (Å²) in [4.78, 5) is 27.8. The fraction of sp³-hybridized carbons (Fsp3) is 0.452. The Balaban J connectivity index is 0.951. The van der Waals surface area contributed by atoms with Gasteiger partial charge in [0.15, 0.2) is 0 Å². The molecule has 0 unspecified atom stereocenters. The molecule has 2 saturated heterocycles. The zero-order valence-electron chi connectivity index (χ0n) is 23.8. The third kappa shape index (κ3) is 5.76. The van der Waals surface area contributed by atoms with Gasteiger partial charge in [0.05, 0.1) is 45.3 Å². The molecule has 2 aliphatic heterocycles. The Kier molecular flexibility index (Phi) is 7.95. The SMILES string of the molecule is O=C(NS(=O)(=O)C1CCOCC1)c1ccc(N2C(=O)[C@@H]3C[C@H]2C[C@H]3OCc2cc(-c3c(Cl)cc(C4CC4)cc3Cl)n[nH]2)cc1. The van der Waals surface area contributed by atoms with Gasteiger partial charge in [-0.1, -0.05) is 23.2 Å². The van der Waals surface area contributed by atoms with Crippen molar-refractivity contribution in [2.75, 3.05) is 18.1 Å². The maximum atomic E-state index is 13.3. The van der Waals surface area contributed by atoms with Gasteiger partial charge in [-0.3, -0.25) is 14.7 Å². The molecule has 2 amide bonds. The van der Waals surface area contributed by atoms with Crippen LogP contribution in [-0.2, 0) is 30.9 Å². The predicted molar refractivity (Wildman–Crippen MR) is 165 cm³/mol. The first-order valence-electron chi connectivity index (χ1n) is 14.9. The second-order valence-corrected chi connectivity index (χ2v) is 14.8. The van der Waals surface area contributed by atoms with Crippen LogP contribution in [0.1, 0.15) is 66.1 Å². The van der Waals surface area contributed by atoms with Crippen molar-refractivity contribution < 1.29 is 27.5 Å². The van der Waals surface area contributed by atoms with Gasteiger partial charge in [0, 0.05) is 36.1 Å². The molecular formula is C31H32Cl2N4O6S. The number of nitrogens with one attached hydrogen (secondary N) is 2. The van der Waals surface area contributed by atoms with Gasteiger partial charge in [-0.15, -0.1) is 0 Å². The van der Waals surface area contributed by atoms with E-state index in [1.165, 1.54) is 0 Å². The van der Waals surface area contributed by atoms with Crippen LogP contribution in [0.25, 0.3) is 11.3 Å². The monoisotopic (exact) mass is 658 g/mol. The van der Waals surface area contributed by atoms with Crippen LogP contribution in [0.4, 0.5) is 5.69 Å². The topological polar surface area (TPSA) is 131 Å². The van der Waals surface area contributed by atoms with Gasteiger partial charge in [0.2, 0.25) is 15.9 Å². The second-order valence-electron chi connectivity index (χ2n) is 12.0. The molecule has 2 bridgehead atoms. The van der Waals surface area contributed by atoms with Crippen molar-refractivity contribution in [1.29, 1.82) is 0 Å². The van der Waals surface area contributed by atoms with E-state index in [-0.39, 0.29) is 36.1 Å². The van der Waals surface area contributed by atoms with Crippen LogP contribution in [0.3, 0.4) is 0 Å². The average molecular weight is 660 g/mol. The van der Waals surface area contributed by atoms with Crippen molar-refractivity contribution in [3.8, 4) is 11.3 Å². The highest BCUT2D eigenvalue weighted by Gasteiger charge is 2.52. The largest absolute Gasteiger partial charge is 0.381 e. The number of benzene rings is 2. The van der Waals surface area contributed by atoms with Crippen LogP contribution in [0.5, 0.6) is 0 Å². The Morgan fingerprint density at radius 1 is 1.05 bits per heavy atom. The summed E-state index contributed by atoms with van der Waals surface area (Å²) in [6, 6.07) is 12.3. The molecule has 7 rings (SSSR count). The van der Waals surface area contributed by atoms with Crippen LogP contribution >= 0.6 is 23.2 Å². The second kappa shape index (κ2) is 11.8. The summed E-state index contributed by atoms with van der Waals surface area (Å²) >= 11 is 13.1. The first kappa shape index (κ1) is 29.7. The number of H-pyrrole nitrogens is 1. The number of aromatic amines is 1. The Bertz CT molecular complexity index is 1680. The molecule has 2 saturated carbocycles. The van der Waals surface area contributed by atoms with E-state index in [1.54, 1.807) is 29.2 Å². The fourth-order valence-electron chi connectivity index (χ4n) is 6.61. The summed E-state index contributed by atoms with van der Waals surface area (Å²) < 4.78 is 38.8. The summed E-state index contributed by atoms with van der Waals surface area (Å²) in [5, 5.41) is 7.91. The summed E-state index contributed by atoms with van der Waals surface area (Å²) in [6.45, 7) is 0.983. The molecule has 3 atom stereocenters. The van der Waals surface area contributed by atoms with Crippen LogP contribution in [-0.4, -0.2) is 61.0 Å². The van der Waals surface area contributed by atoms with Crippen molar-refractivity contribution in [1.82, 2.24) is 14.9 Å². The minimum Gasteiger partial charge on any atom is -0.381 e. The van der Waals surface area contributed by atoms with Crippen molar-refractivity contribution in [3.05, 3.63) is 69.3 Å². The Morgan fingerprint density at radius 2 is 1.75 bits per heavy atom. The number of fused-ring (bicyclic) bond motifs is 2. The van der Waals surface area contributed by atoms with E-state index in [0.717, 1.165) is 24.1 Å². The number of hydrogen-bond donors (Lipinski definition) is 2. The third-order valence-corrected chi connectivity index (χ3v) is 11.5. The molecule has 2 N–H and O–H groups in total. The number of piperidine rings is 1. The van der Waals surface area contributed by atoms with E-state index < -0.39 is 21.2 Å². The zero-order chi connectivity index (χ0) is 30.6. The van der Waals surface area contributed by atoms with E-state index in [2.05, 4.69) is 14.9 Å². The van der Waals surface area contributed by atoms with Crippen LogP contribution < -0.4 is 9.62 Å². The van der Waals surface area contributed by atoms with E-state index in [9.17, 15) is 18.0 Å². The van der Waals surface area contributed by atoms with E-state index in [1.807, 2.05) is 18.2 Å². The molecule has 0 spiro atoms. The number of carbonyl (C=O) groups excluding carboxylic acids is 2. The number of ether oxygens (including phenoxy) is 2. The lowest BCUT2D eigenvalue weighted by atomic mass is 10.0. The summed E-state index contributed by atoms with van der Waals surface area (Å²) in [5.41, 5.74) is 4.14. The molecular weight excluding hydrogens is 627 g/mol. The Morgan fingerprint density at radius 3 is 2.41 bits per heavy atom. The summed E-state index contributed by atoms with van der Waals surface area (Å²) in [6.07, 6.45) is 4.18. The molecule has 3 heterocycles. The highest BCUT2D eigenvalue weighted by Crippen LogP contribution is 2.45. The number of carbonyl (C=O) groups is 2. The van der Waals surface area contributed by atoms with Gasteiger partial charge in [0.1, 0.15) is 0 Å². The van der Waals surface area contributed by atoms with Crippen molar-refractivity contribution in [3.63, 3.8) is 0 Å². The smallest absolute Gasteiger partial charge is 0.264 e. The number of nitrogens with zero attached hydrogens (tertiary/aromatic N) is 2. The number of halogens is 2. The molecule has 10 nitrogen and oxygen atoms in total. The number of aromatic nitrogens is 2. The zero-order valence-corrected chi connectivity index (χ0v) is 26.1. The molecule has 3 aromatic rings. The van der Waals surface area contributed by atoms with Gasteiger partial charge in [-0.25, -0.2) is 13.1 Å². The first-order chi connectivity index (χ1) is 21.2. The lowest BCUT2D eigenvalue weighted by molar-refractivity contribution is -0.126. The standard InChI is InChI=1S/C31H32Cl2N4O6S/c32-25-11-19(17-1-2-17)12-26(33)29(25)27-13-20(34-35-27)16-43-28-15-22-14-24(28)31(39)37(22)21-5-3-18(4-6-21)30(38)36-44(40,41)23-7-9-42-10-8-23/h3-6,11-13,17,22-24,28H,1-2,7-10,14-16H2,(H,34,35)(H,36,38)/t22-,24+,28+/m0/s1. The first-order valence-corrected chi connectivity index (χ1v) is 17.2. The van der Waals surface area contributed by atoms with E-state index in [4.69, 9.17) is 32.7 Å². The number of sulfonamides is 1. The predicted octanol–water partition coefficient (Wildman–Crippen LogP) is 5.21. The van der Waals surface area contributed by atoms with E-state index >= 15 is 0 Å². The van der Waals surface area contributed by atoms with Crippen LogP contribution in [0.2, 0.25) is 10.0 Å².